The van der Waals surface area contributed by atoms with Crippen LogP contribution in [-0.4, -0.2) is 36.1 Å². The number of aryl methyl sites for hydroxylation is 1. The lowest BCUT2D eigenvalue weighted by atomic mass is 10.1. The van der Waals surface area contributed by atoms with Gasteiger partial charge < -0.3 is 15.2 Å². The van der Waals surface area contributed by atoms with Crippen LogP contribution in [0.15, 0.2) is 11.4 Å². The number of methoxy groups -OCH3 is 1. The summed E-state index contributed by atoms with van der Waals surface area (Å²) in [5.41, 5.74) is 0.879. The molecule has 0 aliphatic carbocycles. The highest BCUT2D eigenvalue weighted by Gasteiger charge is 2.23. The molecule has 1 aromatic rings. The van der Waals surface area contributed by atoms with E-state index in [2.05, 4.69) is 10.1 Å². The van der Waals surface area contributed by atoms with E-state index in [1.54, 1.807) is 5.38 Å². The first kappa shape index (κ1) is 16.2. The molecule has 0 aromatic carbocycles. The van der Waals surface area contributed by atoms with E-state index >= 15 is 0 Å². The van der Waals surface area contributed by atoms with Crippen molar-refractivity contribution in [2.45, 2.75) is 32.2 Å². The van der Waals surface area contributed by atoms with Gasteiger partial charge in [-0.2, -0.15) is 0 Å². The van der Waals surface area contributed by atoms with Gasteiger partial charge in [-0.25, -0.2) is 4.79 Å². The zero-order valence-electron chi connectivity index (χ0n) is 11.3. The molecule has 1 amide bonds. The first-order valence-electron chi connectivity index (χ1n) is 6.16. The van der Waals surface area contributed by atoms with Gasteiger partial charge in [0.15, 0.2) is 0 Å². The number of esters is 1. The Morgan fingerprint density at radius 3 is 2.70 bits per heavy atom. The van der Waals surface area contributed by atoms with E-state index in [1.165, 1.54) is 18.4 Å². The molecule has 110 valence electrons. The molecule has 0 fully saturated rings. The van der Waals surface area contributed by atoms with Crippen LogP contribution in [0.3, 0.4) is 0 Å². The van der Waals surface area contributed by atoms with Crippen LogP contribution in [-0.2, 0) is 20.7 Å². The lowest BCUT2D eigenvalue weighted by Crippen LogP contribution is -2.41. The van der Waals surface area contributed by atoms with E-state index < -0.39 is 23.9 Å². The van der Waals surface area contributed by atoms with Crippen molar-refractivity contribution in [2.75, 3.05) is 7.11 Å². The number of carbonyl (C=O) groups excluding carboxylic acids is 2. The molecule has 1 aromatic heterocycles. The number of nitrogens with one attached hydrogen (secondary N) is 1. The zero-order chi connectivity index (χ0) is 15.1. The Kier molecular flexibility index (Phi) is 6.17. The van der Waals surface area contributed by atoms with Gasteiger partial charge in [-0.3, -0.25) is 9.59 Å². The van der Waals surface area contributed by atoms with Crippen molar-refractivity contribution < 1.29 is 24.2 Å². The summed E-state index contributed by atoms with van der Waals surface area (Å²) in [4.78, 5) is 34.7. The standard InChI is InChI=1S/C13H17NO5S/c1-3-8-6-7-20-11(8)12(16)14-9(13(17)18)4-5-10(15)19-2/h6-7,9H,3-5H2,1-2H3,(H,14,16)(H,17,18)/t9-/m0/s1. The van der Waals surface area contributed by atoms with Gasteiger partial charge in [-0.05, 0) is 29.9 Å². The number of ether oxygens (including phenoxy) is 1. The maximum Gasteiger partial charge on any atom is 0.326 e. The molecule has 1 atom stereocenters. The van der Waals surface area contributed by atoms with Gasteiger partial charge in [-0.1, -0.05) is 6.92 Å². The summed E-state index contributed by atoms with van der Waals surface area (Å²) in [6, 6.07) is 0.734. The fourth-order valence-corrected chi connectivity index (χ4v) is 2.56. The third-order valence-corrected chi connectivity index (χ3v) is 3.76. The van der Waals surface area contributed by atoms with E-state index in [9.17, 15) is 14.4 Å². The number of carboxylic acid groups (broad SMARTS) is 1. The fourth-order valence-electron chi connectivity index (χ4n) is 1.66. The van der Waals surface area contributed by atoms with Gasteiger partial charge in [0.1, 0.15) is 6.04 Å². The summed E-state index contributed by atoms with van der Waals surface area (Å²) in [6.45, 7) is 1.92. The fraction of sp³-hybridized carbons (Fsp3) is 0.462. The first-order chi connectivity index (χ1) is 9.49. The molecule has 0 spiro atoms. The molecule has 1 rings (SSSR count). The predicted octanol–water partition coefficient (Wildman–Crippen LogP) is 1.45. The van der Waals surface area contributed by atoms with E-state index in [0.717, 1.165) is 5.56 Å². The molecular formula is C13H17NO5S. The zero-order valence-corrected chi connectivity index (χ0v) is 12.2. The summed E-state index contributed by atoms with van der Waals surface area (Å²) in [5.74, 6) is -2.10. The number of amides is 1. The summed E-state index contributed by atoms with van der Waals surface area (Å²) in [6.07, 6.45) is 0.644. The van der Waals surface area contributed by atoms with Crippen molar-refractivity contribution in [1.82, 2.24) is 5.32 Å². The first-order valence-corrected chi connectivity index (χ1v) is 7.04. The Balaban J connectivity index is 2.68. The highest BCUT2D eigenvalue weighted by molar-refractivity contribution is 7.12. The molecule has 20 heavy (non-hydrogen) atoms. The number of aliphatic carboxylic acids is 1. The number of hydrogen-bond donors (Lipinski definition) is 2. The van der Waals surface area contributed by atoms with Crippen LogP contribution in [0.2, 0.25) is 0 Å². The second kappa shape index (κ2) is 7.64. The van der Waals surface area contributed by atoms with E-state index in [4.69, 9.17) is 5.11 Å². The molecule has 0 saturated heterocycles. The van der Waals surface area contributed by atoms with Gasteiger partial charge in [-0.15, -0.1) is 11.3 Å². The lowest BCUT2D eigenvalue weighted by Gasteiger charge is -2.13. The Morgan fingerprint density at radius 2 is 2.15 bits per heavy atom. The highest BCUT2D eigenvalue weighted by Crippen LogP contribution is 2.17. The third kappa shape index (κ3) is 4.34. The molecule has 7 heteroatoms. The van der Waals surface area contributed by atoms with Gasteiger partial charge in [0, 0.05) is 6.42 Å². The molecule has 0 bridgehead atoms. The minimum Gasteiger partial charge on any atom is -0.480 e. The third-order valence-electron chi connectivity index (χ3n) is 2.80. The Hall–Kier alpha value is -1.89. The summed E-state index contributed by atoms with van der Waals surface area (Å²) in [5, 5.41) is 13.3. The lowest BCUT2D eigenvalue weighted by molar-refractivity contribution is -0.142. The number of hydrogen-bond acceptors (Lipinski definition) is 5. The number of carboxylic acids is 1. The predicted molar refractivity (Wildman–Crippen MR) is 73.8 cm³/mol. The van der Waals surface area contributed by atoms with Crippen LogP contribution >= 0.6 is 11.3 Å². The minimum atomic E-state index is -1.17. The van der Waals surface area contributed by atoms with Gasteiger partial charge in [0.05, 0.1) is 12.0 Å². The maximum atomic E-state index is 12.0. The topological polar surface area (TPSA) is 92.7 Å². The van der Waals surface area contributed by atoms with Gasteiger partial charge in [0.25, 0.3) is 5.91 Å². The molecule has 0 saturated carbocycles. The number of carbonyl (C=O) groups is 3. The Morgan fingerprint density at radius 1 is 1.45 bits per heavy atom. The van der Waals surface area contributed by atoms with Crippen LogP contribution < -0.4 is 5.32 Å². The van der Waals surface area contributed by atoms with Crippen LogP contribution in [0.4, 0.5) is 0 Å². The number of thiophene rings is 1. The molecular weight excluding hydrogens is 282 g/mol. The van der Waals surface area contributed by atoms with Crippen LogP contribution in [0.25, 0.3) is 0 Å². The average Bonchev–Trinajstić information content (AvgIpc) is 2.90. The van der Waals surface area contributed by atoms with Crippen LogP contribution in [0, 0.1) is 0 Å². The van der Waals surface area contributed by atoms with Gasteiger partial charge in [0.2, 0.25) is 0 Å². The summed E-state index contributed by atoms with van der Waals surface area (Å²) < 4.78 is 4.45. The van der Waals surface area contributed by atoms with E-state index in [-0.39, 0.29) is 12.8 Å². The SMILES string of the molecule is CCc1ccsc1C(=O)N[C@@H](CCC(=O)OC)C(=O)O. The molecule has 0 unspecified atom stereocenters. The monoisotopic (exact) mass is 299 g/mol. The maximum absolute atomic E-state index is 12.0. The van der Waals surface area contributed by atoms with Crippen molar-refractivity contribution in [3.63, 3.8) is 0 Å². The molecule has 1 heterocycles. The Labute approximate surface area is 120 Å². The van der Waals surface area contributed by atoms with Crippen molar-refractivity contribution in [3.8, 4) is 0 Å². The average molecular weight is 299 g/mol. The molecule has 0 radical (unpaired) electrons. The largest absolute Gasteiger partial charge is 0.480 e. The highest BCUT2D eigenvalue weighted by atomic mass is 32.1. The number of rotatable bonds is 7. The molecule has 6 nitrogen and oxygen atoms in total. The minimum absolute atomic E-state index is 0.000576. The summed E-state index contributed by atoms with van der Waals surface area (Å²) >= 11 is 1.27. The van der Waals surface area contributed by atoms with Crippen molar-refractivity contribution in [3.05, 3.63) is 21.9 Å². The van der Waals surface area contributed by atoms with Crippen molar-refractivity contribution >= 4 is 29.2 Å². The smallest absolute Gasteiger partial charge is 0.326 e. The normalized spacial score (nSPS) is 11.7. The Bertz CT molecular complexity index is 497. The summed E-state index contributed by atoms with van der Waals surface area (Å²) in [7, 11) is 1.23. The van der Waals surface area contributed by atoms with Crippen LogP contribution in [0.5, 0.6) is 0 Å². The van der Waals surface area contributed by atoms with Crippen LogP contribution in [0.1, 0.15) is 35.0 Å². The van der Waals surface area contributed by atoms with Crippen molar-refractivity contribution in [1.29, 1.82) is 0 Å². The van der Waals surface area contributed by atoms with Crippen molar-refractivity contribution in [2.24, 2.45) is 0 Å². The van der Waals surface area contributed by atoms with E-state index in [0.29, 0.717) is 11.3 Å². The quantitative estimate of drug-likeness (QED) is 0.743. The molecule has 2 N–H and O–H groups in total. The van der Waals surface area contributed by atoms with E-state index in [1.807, 2.05) is 13.0 Å². The molecule has 0 aliphatic rings. The second-order valence-electron chi connectivity index (χ2n) is 4.11. The second-order valence-corrected chi connectivity index (χ2v) is 5.02. The molecule has 0 aliphatic heterocycles. The van der Waals surface area contributed by atoms with Gasteiger partial charge >= 0.3 is 11.9 Å².